The van der Waals surface area contributed by atoms with Crippen LogP contribution in [0.3, 0.4) is 0 Å². The Labute approximate surface area is 219 Å². The van der Waals surface area contributed by atoms with Gasteiger partial charge in [0.15, 0.2) is 0 Å². The first kappa shape index (κ1) is 26.4. The number of esters is 1. The molecule has 1 aliphatic heterocycles. The van der Waals surface area contributed by atoms with Crippen LogP contribution in [0.25, 0.3) is 11.0 Å². The van der Waals surface area contributed by atoms with Gasteiger partial charge in [0.1, 0.15) is 17.7 Å². The smallest absolute Gasteiger partial charge is 0.309 e. The number of aliphatic hydroxyl groups excluding tert-OH is 2. The molecule has 5 rings (SSSR count). The lowest BCUT2D eigenvalue weighted by molar-refractivity contribution is -0.156. The summed E-state index contributed by atoms with van der Waals surface area (Å²) < 4.78 is 8.12. The van der Waals surface area contributed by atoms with Gasteiger partial charge in [-0.2, -0.15) is 0 Å². The highest BCUT2D eigenvalue weighted by Crippen LogP contribution is 2.90. The number of benzene rings is 1. The fourth-order valence-electron chi connectivity index (χ4n) is 7.03. The van der Waals surface area contributed by atoms with E-state index in [0.717, 1.165) is 60.9 Å². The number of cyclic esters (lactones) is 1. The summed E-state index contributed by atoms with van der Waals surface area (Å²) in [5.41, 5.74) is 2.20. The number of aliphatic hydroxyl groups is 2. The van der Waals surface area contributed by atoms with Crippen LogP contribution in [-0.4, -0.2) is 43.7 Å². The summed E-state index contributed by atoms with van der Waals surface area (Å²) in [6.07, 6.45) is 3.41. The molecule has 0 spiro atoms. The van der Waals surface area contributed by atoms with Gasteiger partial charge in [-0.15, -0.1) is 0 Å². The van der Waals surface area contributed by atoms with E-state index < -0.39 is 35.6 Å². The van der Waals surface area contributed by atoms with Gasteiger partial charge in [-0.1, -0.05) is 40.2 Å². The van der Waals surface area contributed by atoms with E-state index in [1.165, 1.54) is 0 Å². The Morgan fingerprint density at radius 3 is 2.51 bits per heavy atom. The number of hydrogen-bond donors (Lipinski definition) is 2. The molecule has 0 bridgehead atoms. The van der Waals surface area contributed by atoms with Gasteiger partial charge in [-0.05, 0) is 73.5 Å². The second kappa shape index (κ2) is 8.91. The minimum absolute atomic E-state index is 0.00521. The molecule has 3 fully saturated rings. The monoisotopic (exact) mass is 510 g/mol. The molecule has 202 valence electrons. The van der Waals surface area contributed by atoms with E-state index in [0.29, 0.717) is 5.41 Å². The first-order chi connectivity index (χ1) is 17.3. The molecule has 7 nitrogen and oxygen atoms in total. The fraction of sp³-hybridized carbons (Fsp3) is 0.700. The highest BCUT2D eigenvalue weighted by Gasteiger charge is 2.81. The van der Waals surface area contributed by atoms with Crippen LogP contribution in [0.4, 0.5) is 0 Å². The first-order valence-corrected chi connectivity index (χ1v) is 13.8. The van der Waals surface area contributed by atoms with Crippen LogP contribution in [0.2, 0.25) is 0 Å². The SMILES string of the molecule is Cc1nc2cc([C@@H]3CC45CC4(CCC[C@H](C)[C@H](O)[C@@H](C)C(=O)C(C)(C)[C@@H](O)CC(=O)O3)C5)ccc2n1C. The quantitative estimate of drug-likeness (QED) is 0.535. The van der Waals surface area contributed by atoms with Crippen molar-refractivity contribution < 1.29 is 24.5 Å². The Morgan fingerprint density at radius 2 is 1.81 bits per heavy atom. The van der Waals surface area contributed by atoms with Gasteiger partial charge in [0, 0.05) is 13.0 Å². The van der Waals surface area contributed by atoms with Crippen molar-refractivity contribution in [1.82, 2.24) is 9.55 Å². The molecule has 0 unspecified atom stereocenters. The number of fused-ring (bicyclic) bond motifs is 1. The maximum atomic E-state index is 13.3. The predicted octanol–water partition coefficient (Wildman–Crippen LogP) is 4.80. The summed E-state index contributed by atoms with van der Waals surface area (Å²) >= 11 is 0. The Hall–Kier alpha value is -2.25. The average Bonchev–Trinajstić information content (AvgIpc) is 3.61. The minimum atomic E-state index is -1.20. The molecule has 1 saturated heterocycles. The lowest BCUT2D eigenvalue weighted by Gasteiger charge is -2.34. The van der Waals surface area contributed by atoms with Crippen molar-refractivity contribution in [2.45, 2.75) is 97.9 Å². The summed E-state index contributed by atoms with van der Waals surface area (Å²) in [6.45, 7) is 9.02. The topological polar surface area (TPSA) is 102 Å². The van der Waals surface area contributed by atoms with Crippen molar-refractivity contribution in [2.75, 3.05) is 0 Å². The van der Waals surface area contributed by atoms with Gasteiger partial charge in [0.2, 0.25) is 0 Å². The highest BCUT2D eigenvalue weighted by atomic mass is 16.5. The second-order valence-corrected chi connectivity index (χ2v) is 13.0. The summed E-state index contributed by atoms with van der Waals surface area (Å²) in [7, 11) is 1.99. The molecule has 3 aliphatic rings. The Bertz CT molecular complexity index is 1220. The summed E-state index contributed by atoms with van der Waals surface area (Å²) in [5.74, 6) is -0.438. The van der Waals surface area contributed by atoms with Crippen molar-refractivity contribution >= 4 is 22.8 Å². The molecule has 1 aromatic heterocycles. The molecule has 7 heteroatoms. The Balaban J connectivity index is 1.43. The van der Waals surface area contributed by atoms with Crippen LogP contribution < -0.4 is 0 Å². The van der Waals surface area contributed by atoms with Gasteiger partial charge in [0.25, 0.3) is 0 Å². The van der Waals surface area contributed by atoms with E-state index in [1.807, 2.05) is 43.7 Å². The number of ketones is 1. The zero-order valence-corrected chi connectivity index (χ0v) is 23.1. The van der Waals surface area contributed by atoms with E-state index in [4.69, 9.17) is 4.74 Å². The number of imidazole rings is 1. The highest BCUT2D eigenvalue weighted by molar-refractivity contribution is 5.88. The van der Waals surface area contributed by atoms with Crippen LogP contribution in [0.1, 0.15) is 90.1 Å². The maximum absolute atomic E-state index is 13.3. The third-order valence-corrected chi connectivity index (χ3v) is 10.2. The number of hydrogen-bond acceptors (Lipinski definition) is 6. The second-order valence-electron chi connectivity index (χ2n) is 13.0. The third-order valence-electron chi connectivity index (χ3n) is 10.2. The van der Waals surface area contributed by atoms with Gasteiger partial charge in [-0.25, -0.2) is 4.98 Å². The lowest BCUT2D eigenvalue weighted by atomic mass is 9.73. The number of aromatic nitrogens is 2. The number of ether oxygens (including phenoxy) is 1. The van der Waals surface area contributed by atoms with Crippen LogP contribution in [0.15, 0.2) is 18.2 Å². The normalized spacial score (nSPS) is 38.5. The molecular formula is C30H42N2O5. The molecule has 0 amide bonds. The number of nitrogens with zero attached hydrogens (tertiary/aromatic N) is 2. The molecule has 5 atom stereocenters. The Kier molecular flexibility index (Phi) is 6.35. The van der Waals surface area contributed by atoms with Gasteiger partial charge < -0.3 is 19.5 Å². The van der Waals surface area contributed by atoms with Crippen molar-refractivity contribution in [3.63, 3.8) is 0 Å². The van der Waals surface area contributed by atoms with Crippen molar-refractivity contribution in [3.8, 4) is 0 Å². The summed E-state index contributed by atoms with van der Waals surface area (Å²) in [5, 5.41) is 21.9. The molecule has 2 aliphatic carbocycles. The van der Waals surface area contributed by atoms with E-state index in [9.17, 15) is 19.8 Å². The van der Waals surface area contributed by atoms with Crippen molar-refractivity contribution in [1.29, 1.82) is 0 Å². The largest absolute Gasteiger partial charge is 0.457 e. The molecule has 37 heavy (non-hydrogen) atoms. The van der Waals surface area contributed by atoms with Crippen LogP contribution >= 0.6 is 0 Å². The van der Waals surface area contributed by atoms with Crippen molar-refractivity contribution in [2.24, 2.45) is 35.1 Å². The molecule has 2 N–H and O–H groups in total. The van der Waals surface area contributed by atoms with Crippen LogP contribution in [0.5, 0.6) is 0 Å². The van der Waals surface area contributed by atoms with Gasteiger partial charge in [0.05, 0.1) is 35.1 Å². The number of carbonyl (C=O) groups excluding carboxylic acids is 2. The fourth-order valence-corrected chi connectivity index (χ4v) is 7.03. The number of Topliss-reactive ketones (excluding diaryl/α,β-unsaturated/α-hetero) is 1. The van der Waals surface area contributed by atoms with E-state index in [2.05, 4.69) is 4.98 Å². The standard InChI is InChI=1S/C30H42N2O5/c1-17-8-7-11-29-15-30(29,16-29)14-23(20-9-10-22-21(12-20)31-19(3)32(22)6)37-25(34)13-24(33)28(4,5)27(36)18(2)26(17)35/h9-10,12,17-18,23-24,26,33,35H,7-8,11,13-16H2,1-6H3/t17-,18+,23-,24-,26-,29?,30?/m0/s1. The molecule has 1 aromatic carbocycles. The molecule has 0 radical (unpaired) electrons. The van der Waals surface area contributed by atoms with E-state index >= 15 is 0 Å². The van der Waals surface area contributed by atoms with Crippen molar-refractivity contribution in [3.05, 3.63) is 29.6 Å². The van der Waals surface area contributed by atoms with Gasteiger partial charge in [-0.3, -0.25) is 9.59 Å². The van der Waals surface area contributed by atoms with E-state index in [-0.39, 0.29) is 23.5 Å². The molecular weight excluding hydrogens is 468 g/mol. The Morgan fingerprint density at radius 1 is 1.11 bits per heavy atom. The third kappa shape index (κ3) is 4.42. The van der Waals surface area contributed by atoms with Gasteiger partial charge >= 0.3 is 5.97 Å². The predicted molar refractivity (Wildman–Crippen MR) is 141 cm³/mol. The van der Waals surface area contributed by atoms with Crippen LogP contribution in [-0.2, 0) is 21.4 Å². The summed E-state index contributed by atoms with van der Waals surface area (Å²) in [6, 6.07) is 6.08. The minimum Gasteiger partial charge on any atom is -0.457 e. The van der Waals surface area contributed by atoms with E-state index in [1.54, 1.807) is 20.8 Å². The average molecular weight is 511 g/mol. The maximum Gasteiger partial charge on any atom is 0.309 e. The molecule has 2 heterocycles. The first-order valence-electron chi connectivity index (χ1n) is 13.8. The lowest BCUT2D eigenvalue weighted by Crippen LogP contribution is -2.45. The molecule has 2 aromatic rings. The number of carbonyl (C=O) groups is 2. The van der Waals surface area contributed by atoms with Crippen LogP contribution in [0, 0.1) is 35.0 Å². The zero-order chi connectivity index (χ0) is 26.9. The molecule has 2 saturated carbocycles. The number of rotatable bonds is 1. The zero-order valence-electron chi connectivity index (χ0n) is 23.1. The summed E-state index contributed by atoms with van der Waals surface area (Å²) in [4.78, 5) is 31.1. The number of aryl methyl sites for hydroxylation is 2.